The molecule has 162 valence electrons. The van der Waals surface area contributed by atoms with E-state index >= 15 is 0 Å². The molecule has 0 aliphatic rings. The van der Waals surface area contributed by atoms with E-state index in [0.29, 0.717) is 21.7 Å². The molecule has 0 aromatic heterocycles. The maximum atomic E-state index is 14.0. The molecule has 0 fully saturated rings. The summed E-state index contributed by atoms with van der Waals surface area (Å²) in [6, 6.07) is 17.8. The Hall–Kier alpha value is -3.70. The number of hydrogen-bond acceptors (Lipinski definition) is 4. The Morgan fingerprint density at radius 1 is 1.06 bits per heavy atom. The molecule has 0 heterocycles. The van der Waals surface area contributed by atoms with Gasteiger partial charge in [0.1, 0.15) is 11.6 Å². The number of nitrogens with zero attached hydrogens (tertiary/aromatic N) is 1. The van der Waals surface area contributed by atoms with Gasteiger partial charge in [-0.1, -0.05) is 24.3 Å². The van der Waals surface area contributed by atoms with E-state index in [0.717, 1.165) is 12.1 Å². The molecule has 5 nitrogen and oxygen atoms in total. The highest BCUT2D eigenvalue weighted by molar-refractivity contribution is 8.00. The molecule has 3 aromatic rings. The summed E-state index contributed by atoms with van der Waals surface area (Å²) in [4.78, 5) is 25.7. The second-order valence-electron chi connectivity index (χ2n) is 6.89. The van der Waals surface area contributed by atoms with E-state index in [1.54, 1.807) is 55.5 Å². The zero-order valence-corrected chi connectivity index (χ0v) is 17.9. The van der Waals surface area contributed by atoms with Gasteiger partial charge in [0.2, 0.25) is 5.91 Å². The first-order valence-corrected chi connectivity index (χ1v) is 10.6. The van der Waals surface area contributed by atoms with E-state index in [2.05, 4.69) is 10.6 Å². The van der Waals surface area contributed by atoms with Crippen LogP contribution in [0.2, 0.25) is 0 Å². The van der Waals surface area contributed by atoms with E-state index in [1.165, 1.54) is 17.8 Å². The molecule has 0 bridgehead atoms. The summed E-state index contributed by atoms with van der Waals surface area (Å²) >= 11 is 1.18. The molecule has 3 aromatic carbocycles. The lowest BCUT2D eigenvalue weighted by atomic mass is 10.1. The topological polar surface area (TPSA) is 82.0 Å². The molecule has 0 aliphatic heterocycles. The third-order valence-corrected chi connectivity index (χ3v) is 5.62. The molecule has 1 unspecified atom stereocenters. The van der Waals surface area contributed by atoms with Crippen LogP contribution in [-0.4, -0.2) is 17.6 Å². The molecule has 8 heteroatoms. The minimum Gasteiger partial charge on any atom is -0.345 e. The van der Waals surface area contributed by atoms with Gasteiger partial charge in [0.15, 0.2) is 0 Å². The van der Waals surface area contributed by atoms with Gasteiger partial charge in [0.05, 0.1) is 29.0 Å². The first kappa shape index (κ1) is 23.0. The number of halogens is 2. The minimum atomic E-state index is -0.738. The average molecular weight is 451 g/mol. The van der Waals surface area contributed by atoms with Crippen LogP contribution in [0.4, 0.5) is 14.5 Å². The van der Waals surface area contributed by atoms with Gasteiger partial charge in [-0.25, -0.2) is 8.78 Å². The van der Waals surface area contributed by atoms with Gasteiger partial charge >= 0.3 is 0 Å². The predicted molar refractivity (Wildman–Crippen MR) is 119 cm³/mol. The molecule has 0 saturated carbocycles. The van der Waals surface area contributed by atoms with Crippen LogP contribution in [-0.2, 0) is 4.79 Å². The Kier molecular flexibility index (Phi) is 7.58. The molecular formula is C24H19F2N3O2S. The van der Waals surface area contributed by atoms with Crippen molar-refractivity contribution in [3.63, 3.8) is 0 Å². The molecule has 2 N–H and O–H groups in total. The van der Waals surface area contributed by atoms with Gasteiger partial charge in [-0.05, 0) is 43.3 Å². The lowest BCUT2D eigenvalue weighted by Crippen LogP contribution is -2.27. The molecule has 1 atom stereocenters. The van der Waals surface area contributed by atoms with Crippen LogP contribution in [0, 0.1) is 23.0 Å². The zero-order valence-electron chi connectivity index (χ0n) is 17.1. The van der Waals surface area contributed by atoms with Crippen LogP contribution in [0.15, 0.2) is 71.6 Å². The first-order chi connectivity index (χ1) is 15.4. The van der Waals surface area contributed by atoms with E-state index in [1.807, 2.05) is 6.07 Å². The van der Waals surface area contributed by atoms with Gasteiger partial charge in [0, 0.05) is 22.2 Å². The summed E-state index contributed by atoms with van der Waals surface area (Å²) in [5, 5.41) is 14.4. The van der Waals surface area contributed by atoms with Crippen LogP contribution >= 0.6 is 11.8 Å². The summed E-state index contributed by atoms with van der Waals surface area (Å²) in [5.41, 5.74) is 1.45. The molecular weight excluding hydrogens is 432 g/mol. The molecule has 0 spiro atoms. The average Bonchev–Trinajstić information content (AvgIpc) is 2.77. The van der Waals surface area contributed by atoms with Crippen molar-refractivity contribution in [2.75, 3.05) is 11.1 Å². The Labute approximate surface area is 188 Å². The van der Waals surface area contributed by atoms with Gasteiger partial charge < -0.3 is 10.6 Å². The molecule has 3 rings (SSSR count). The van der Waals surface area contributed by atoms with Crippen LogP contribution in [0.5, 0.6) is 0 Å². The summed E-state index contributed by atoms with van der Waals surface area (Å²) in [5.74, 6) is -2.11. The first-order valence-electron chi connectivity index (χ1n) is 9.65. The van der Waals surface area contributed by atoms with Gasteiger partial charge in [-0.15, -0.1) is 11.8 Å². The predicted octanol–water partition coefficient (Wildman–Crippen LogP) is 5.06. The lowest BCUT2D eigenvalue weighted by molar-refractivity contribution is -0.113. The number of carbonyl (C=O) groups excluding carboxylic acids is 2. The lowest BCUT2D eigenvalue weighted by Gasteiger charge is -2.16. The van der Waals surface area contributed by atoms with Crippen molar-refractivity contribution in [2.45, 2.75) is 17.9 Å². The van der Waals surface area contributed by atoms with E-state index in [9.17, 15) is 18.4 Å². The highest BCUT2D eigenvalue weighted by atomic mass is 32.2. The Bertz CT molecular complexity index is 1190. The summed E-state index contributed by atoms with van der Waals surface area (Å²) < 4.78 is 27.2. The molecule has 0 radical (unpaired) electrons. The highest BCUT2D eigenvalue weighted by Crippen LogP contribution is 2.25. The number of carbonyl (C=O) groups is 2. The van der Waals surface area contributed by atoms with Crippen molar-refractivity contribution in [3.8, 4) is 6.07 Å². The Morgan fingerprint density at radius 3 is 2.59 bits per heavy atom. The zero-order chi connectivity index (χ0) is 23.1. The van der Waals surface area contributed by atoms with Crippen LogP contribution in [0.1, 0.15) is 34.5 Å². The van der Waals surface area contributed by atoms with Crippen molar-refractivity contribution in [1.82, 2.24) is 5.32 Å². The highest BCUT2D eigenvalue weighted by Gasteiger charge is 2.18. The van der Waals surface area contributed by atoms with E-state index in [-0.39, 0.29) is 17.2 Å². The fourth-order valence-corrected chi connectivity index (χ4v) is 3.84. The Morgan fingerprint density at radius 2 is 1.84 bits per heavy atom. The largest absolute Gasteiger partial charge is 0.345 e. The van der Waals surface area contributed by atoms with E-state index < -0.39 is 23.6 Å². The fraction of sp³-hybridized carbons (Fsp3) is 0.125. The number of amides is 2. The van der Waals surface area contributed by atoms with Crippen molar-refractivity contribution < 1.29 is 18.4 Å². The summed E-state index contributed by atoms with van der Waals surface area (Å²) in [6.45, 7) is 1.60. The van der Waals surface area contributed by atoms with Gasteiger partial charge in [0.25, 0.3) is 5.91 Å². The Balaban J connectivity index is 1.65. The van der Waals surface area contributed by atoms with Gasteiger partial charge in [-0.2, -0.15) is 5.26 Å². The van der Waals surface area contributed by atoms with Crippen molar-refractivity contribution >= 4 is 29.3 Å². The number of hydrogen-bond donors (Lipinski definition) is 2. The molecule has 0 aliphatic carbocycles. The van der Waals surface area contributed by atoms with Crippen LogP contribution in [0.25, 0.3) is 0 Å². The second-order valence-corrected chi connectivity index (χ2v) is 7.90. The third kappa shape index (κ3) is 5.93. The maximum Gasteiger partial charge on any atom is 0.252 e. The van der Waals surface area contributed by atoms with E-state index in [4.69, 9.17) is 5.26 Å². The van der Waals surface area contributed by atoms with Crippen molar-refractivity contribution in [1.29, 1.82) is 5.26 Å². The van der Waals surface area contributed by atoms with Crippen LogP contribution in [0.3, 0.4) is 0 Å². The number of nitriles is 1. The number of rotatable bonds is 7. The number of nitrogens with one attached hydrogen (secondary N) is 2. The number of thioether (sulfide) groups is 1. The SMILES string of the molecule is CC(NC(=O)c1ccccc1SCC(=O)Nc1cccc(C#N)c1)c1ccc(F)cc1F. The molecule has 2 amide bonds. The second kappa shape index (κ2) is 10.6. The number of anilines is 1. The summed E-state index contributed by atoms with van der Waals surface area (Å²) in [6.07, 6.45) is 0. The number of benzene rings is 3. The quantitative estimate of drug-likeness (QED) is 0.492. The third-order valence-electron chi connectivity index (χ3n) is 4.54. The fourth-order valence-electron chi connectivity index (χ4n) is 2.99. The van der Waals surface area contributed by atoms with Crippen molar-refractivity contribution in [2.24, 2.45) is 0 Å². The standard InChI is InChI=1S/C24H19F2N3O2S/c1-15(19-10-9-17(25)12-21(19)26)28-24(31)20-7-2-3-8-22(20)32-14-23(30)29-18-6-4-5-16(11-18)13-27/h2-12,15H,14H2,1H3,(H,28,31)(H,29,30). The maximum absolute atomic E-state index is 14.0. The normalized spacial score (nSPS) is 11.3. The minimum absolute atomic E-state index is 0.0449. The summed E-state index contributed by atoms with van der Waals surface area (Å²) in [7, 11) is 0. The smallest absolute Gasteiger partial charge is 0.252 e. The monoisotopic (exact) mass is 451 g/mol. The molecule has 32 heavy (non-hydrogen) atoms. The van der Waals surface area contributed by atoms with Gasteiger partial charge in [-0.3, -0.25) is 9.59 Å². The van der Waals surface area contributed by atoms with Crippen LogP contribution < -0.4 is 10.6 Å². The molecule has 0 saturated heterocycles. The van der Waals surface area contributed by atoms with Crippen molar-refractivity contribution in [3.05, 3.63) is 95.1 Å².